The highest BCUT2D eigenvalue weighted by Gasteiger charge is 2.21. The number of anilines is 1. The summed E-state index contributed by atoms with van der Waals surface area (Å²) in [6, 6.07) is 3.27. The second-order valence-corrected chi connectivity index (χ2v) is 7.70. The molecule has 0 bridgehead atoms. The van der Waals surface area contributed by atoms with Gasteiger partial charge < -0.3 is 20.3 Å². The molecule has 0 aliphatic heterocycles. The highest BCUT2D eigenvalue weighted by molar-refractivity contribution is 7.90. The van der Waals surface area contributed by atoms with E-state index in [0.29, 0.717) is 0 Å². The first-order valence-electron chi connectivity index (χ1n) is 6.71. The van der Waals surface area contributed by atoms with Crippen LogP contribution in [0.1, 0.15) is 0 Å². The number of aromatic nitrogens is 1. The lowest BCUT2D eigenvalue weighted by atomic mass is 10.3. The summed E-state index contributed by atoms with van der Waals surface area (Å²) < 4.78 is 42.5. The van der Waals surface area contributed by atoms with Gasteiger partial charge in [0.1, 0.15) is 33.0 Å². The standard InChI is InChI=1S/C14H11Cl2FN2O6S/c1-26(23,24)8-4-6(2-3-7(8)20)25-12-10(15)13(17)19-14(11(12)16)18-5-9(21)22/h2-4,20H,5H2,1H3,(H,18,19)(H,21,22). The first-order chi connectivity index (χ1) is 12.0. The number of hydrogen-bond donors (Lipinski definition) is 3. The molecule has 0 spiro atoms. The van der Waals surface area contributed by atoms with Gasteiger partial charge in [0.05, 0.1) is 0 Å². The van der Waals surface area contributed by atoms with Gasteiger partial charge in [-0.3, -0.25) is 4.79 Å². The van der Waals surface area contributed by atoms with Crippen LogP contribution in [-0.2, 0) is 14.6 Å². The molecule has 8 nitrogen and oxygen atoms in total. The number of hydrogen-bond acceptors (Lipinski definition) is 7. The van der Waals surface area contributed by atoms with Crippen molar-refractivity contribution in [2.45, 2.75) is 4.90 Å². The predicted octanol–water partition coefficient (Wildman–Crippen LogP) is 2.93. The average Bonchev–Trinajstić information content (AvgIpc) is 2.54. The average molecular weight is 425 g/mol. The van der Waals surface area contributed by atoms with Gasteiger partial charge in [0.15, 0.2) is 21.4 Å². The molecule has 0 atom stereocenters. The van der Waals surface area contributed by atoms with E-state index in [1.54, 1.807) is 0 Å². The van der Waals surface area contributed by atoms with Crippen LogP contribution in [-0.4, -0.2) is 42.4 Å². The summed E-state index contributed by atoms with van der Waals surface area (Å²) in [6.45, 7) is -0.593. The van der Waals surface area contributed by atoms with Crippen LogP contribution >= 0.6 is 23.2 Å². The molecule has 0 radical (unpaired) electrons. The summed E-state index contributed by atoms with van der Waals surface area (Å²) in [5, 5.41) is 19.7. The van der Waals surface area contributed by atoms with Crippen molar-refractivity contribution < 1.29 is 32.6 Å². The molecule has 0 saturated carbocycles. The number of phenols is 1. The minimum Gasteiger partial charge on any atom is -0.507 e. The number of sulfone groups is 1. The number of halogens is 3. The maximum Gasteiger partial charge on any atom is 0.322 e. The fourth-order valence-corrected chi connectivity index (χ4v) is 3.08. The number of rotatable bonds is 6. The van der Waals surface area contributed by atoms with Gasteiger partial charge in [-0.1, -0.05) is 23.2 Å². The highest BCUT2D eigenvalue weighted by atomic mass is 35.5. The molecule has 1 heterocycles. The molecular weight excluding hydrogens is 414 g/mol. The third-order valence-electron chi connectivity index (χ3n) is 2.96. The van der Waals surface area contributed by atoms with E-state index in [4.69, 9.17) is 33.0 Å². The Balaban J connectivity index is 2.48. The number of ether oxygens (including phenoxy) is 1. The molecule has 140 valence electrons. The molecule has 3 N–H and O–H groups in total. The number of phenolic OH excluding ortho intramolecular Hbond substituents is 1. The molecule has 0 saturated heterocycles. The van der Waals surface area contributed by atoms with Crippen molar-refractivity contribution in [3.05, 3.63) is 34.2 Å². The van der Waals surface area contributed by atoms with Gasteiger partial charge in [-0.2, -0.15) is 9.37 Å². The van der Waals surface area contributed by atoms with E-state index in [1.807, 2.05) is 0 Å². The number of carboxylic acid groups (broad SMARTS) is 1. The van der Waals surface area contributed by atoms with E-state index in [-0.39, 0.29) is 16.6 Å². The number of nitrogens with one attached hydrogen (secondary N) is 1. The zero-order valence-electron chi connectivity index (χ0n) is 13.0. The maximum absolute atomic E-state index is 13.9. The quantitative estimate of drug-likeness (QED) is 0.604. The SMILES string of the molecule is CS(=O)(=O)c1cc(Oc2c(Cl)c(F)nc(NCC(=O)O)c2Cl)ccc1O. The molecular formula is C14H11Cl2FN2O6S. The van der Waals surface area contributed by atoms with Gasteiger partial charge in [0.25, 0.3) is 0 Å². The summed E-state index contributed by atoms with van der Waals surface area (Å²) in [7, 11) is -3.76. The largest absolute Gasteiger partial charge is 0.507 e. The van der Waals surface area contributed by atoms with Gasteiger partial charge >= 0.3 is 5.97 Å². The molecule has 0 aliphatic carbocycles. The molecule has 0 aliphatic rings. The van der Waals surface area contributed by atoms with Crippen molar-refractivity contribution in [3.63, 3.8) is 0 Å². The number of aliphatic carboxylic acids is 1. The Morgan fingerprint density at radius 2 is 2.00 bits per heavy atom. The topological polar surface area (TPSA) is 126 Å². The molecule has 0 unspecified atom stereocenters. The van der Waals surface area contributed by atoms with Crippen LogP contribution in [0.2, 0.25) is 10.0 Å². The Hall–Kier alpha value is -2.30. The van der Waals surface area contributed by atoms with E-state index in [1.165, 1.54) is 6.07 Å². The van der Waals surface area contributed by atoms with Crippen molar-refractivity contribution in [2.24, 2.45) is 0 Å². The normalized spacial score (nSPS) is 11.2. The third-order valence-corrected chi connectivity index (χ3v) is 4.76. The van der Waals surface area contributed by atoms with Crippen molar-refractivity contribution in [1.82, 2.24) is 4.98 Å². The Labute approximate surface area is 157 Å². The van der Waals surface area contributed by atoms with Crippen LogP contribution in [0.5, 0.6) is 17.2 Å². The zero-order valence-corrected chi connectivity index (χ0v) is 15.3. The summed E-state index contributed by atoms with van der Waals surface area (Å²) in [6.07, 6.45) is 0.881. The molecule has 0 amide bonds. The summed E-state index contributed by atoms with van der Waals surface area (Å²) >= 11 is 11.8. The summed E-state index contributed by atoms with van der Waals surface area (Å²) in [5.74, 6) is -3.76. The van der Waals surface area contributed by atoms with Gasteiger partial charge in [0, 0.05) is 12.3 Å². The third kappa shape index (κ3) is 4.45. The Morgan fingerprint density at radius 1 is 1.35 bits per heavy atom. The number of carbonyl (C=O) groups is 1. The molecule has 1 aromatic heterocycles. The Bertz CT molecular complexity index is 984. The fourth-order valence-electron chi connectivity index (χ4n) is 1.83. The highest BCUT2D eigenvalue weighted by Crippen LogP contribution is 2.41. The van der Waals surface area contributed by atoms with Gasteiger partial charge in [0.2, 0.25) is 5.95 Å². The predicted molar refractivity (Wildman–Crippen MR) is 91.6 cm³/mol. The molecule has 0 fully saturated rings. The molecule has 1 aromatic carbocycles. The van der Waals surface area contributed by atoms with Crippen LogP contribution in [0.15, 0.2) is 23.1 Å². The summed E-state index contributed by atoms with van der Waals surface area (Å²) in [4.78, 5) is 13.6. The molecule has 12 heteroatoms. The number of aromatic hydroxyl groups is 1. The van der Waals surface area contributed by atoms with E-state index in [0.717, 1.165) is 18.4 Å². The first kappa shape index (κ1) is 20.0. The van der Waals surface area contributed by atoms with Crippen LogP contribution < -0.4 is 10.1 Å². The Morgan fingerprint density at radius 3 is 2.58 bits per heavy atom. The van der Waals surface area contributed by atoms with Crippen LogP contribution in [0, 0.1) is 5.95 Å². The maximum atomic E-state index is 13.9. The molecule has 2 rings (SSSR count). The molecule has 2 aromatic rings. The minimum absolute atomic E-state index is 0.109. The first-order valence-corrected chi connectivity index (χ1v) is 9.36. The minimum atomic E-state index is -3.76. The van der Waals surface area contributed by atoms with Crippen molar-refractivity contribution in [3.8, 4) is 17.2 Å². The van der Waals surface area contributed by atoms with Crippen LogP contribution in [0.25, 0.3) is 0 Å². The smallest absolute Gasteiger partial charge is 0.322 e. The van der Waals surface area contributed by atoms with E-state index in [2.05, 4.69) is 10.3 Å². The van der Waals surface area contributed by atoms with E-state index >= 15 is 0 Å². The van der Waals surface area contributed by atoms with E-state index in [9.17, 15) is 22.7 Å². The van der Waals surface area contributed by atoms with Crippen LogP contribution in [0.4, 0.5) is 10.2 Å². The van der Waals surface area contributed by atoms with Gasteiger partial charge in [-0.25, -0.2) is 8.42 Å². The second-order valence-electron chi connectivity index (χ2n) is 4.96. The van der Waals surface area contributed by atoms with Crippen LogP contribution in [0.3, 0.4) is 0 Å². The van der Waals surface area contributed by atoms with Crippen molar-refractivity contribution in [1.29, 1.82) is 0 Å². The van der Waals surface area contributed by atoms with Crippen molar-refractivity contribution >= 4 is 44.8 Å². The van der Waals surface area contributed by atoms with E-state index < -0.39 is 49.7 Å². The number of nitrogens with zero attached hydrogens (tertiary/aromatic N) is 1. The van der Waals surface area contributed by atoms with Crippen molar-refractivity contribution in [2.75, 3.05) is 18.1 Å². The monoisotopic (exact) mass is 424 g/mol. The summed E-state index contributed by atoms with van der Waals surface area (Å²) in [5.41, 5.74) is 0. The fraction of sp³-hybridized carbons (Fsp3) is 0.143. The second kappa shape index (κ2) is 7.52. The van der Waals surface area contributed by atoms with Gasteiger partial charge in [-0.15, -0.1) is 0 Å². The number of pyridine rings is 1. The lowest BCUT2D eigenvalue weighted by Crippen LogP contribution is -2.14. The Kier molecular flexibility index (Phi) is 5.79. The lowest BCUT2D eigenvalue weighted by molar-refractivity contribution is -0.134. The van der Waals surface area contributed by atoms with Gasteiger partial charge in [-0.05, 0) is 12.1 Å². The zero-order chi connectivity index (χ0) is 19.6. The molecule has 26 heavy (non-hydrogen) atoms. The number of carboxylic acids is 1. The number of benzene rings is 1. The lowest BCUT2D eigenvalue weighted by Gasteiger charge is -2.14.